The maximum absolute atomic E-state index is 2.64. The lowest BCUT2D eigenvalue weighted by Gasteiger charge is -2.44. The van der Waals surface area contributed by atoms with Gasteiger partial charge in [-0.3, -0.25) is 0 Å². The number of rotatable bonds is 3. The second-order valence-corrected chi connectivity index (χ2v) is 21.3. The summed E-state index contributed by atoms with van der Waals surface area (Å²) < 4.78 is 0. The third kappa shape index (κ3) is 8.10. The van der Waals surface area contributed by atoms with Gasteiger partial charge in [0.1, 0.15) is 0 Å². The summed E-state index contributed by atoms with van der Waals surface area (Å²) in [5, 5.41) is 0. The molecule has 0 aliphatic heterocycles. The van der Waals surface area contributed by atoms with Gasteiger partial charge in [-0.1, -0.05) is 135 Å². The maximum atomic E-state index is 2.64. The highest BCUT2D eigenvalue weighted by molar-refractivity contribution is 5.32. The van der Waals surface area contributed by atoms with Crippen LogP contribution in [0.15, 0.2) is 24.3 Å². The molecule has 1 aromatic carbocycles. The minimum absolute atomic E-state index is 0.215. The summed E-state index contributed by atoms with van der Waals surface area (Å²) >= 11 is 0. The largest absolute Gasteiger partial charge is 0.0656 e. The van der Waals surface area contributed by atoms with Crippen molar-refractivity contribution in [2.24, 2.45) is 75.4 Å². The van der Waals surface area contributed by atoms with Crippen molar-refractivity contribution in [3.8, 4) is 0 Å². The number of hydrogen-bond donors (Lipinski definition) is 0. The lowest BCUT2D eigenvalue weighted by atomic mass is 9.61. The Labute approximate surface area is 283 Å². The molecule has 5 rings (SSSR count). The van der Waals surface area contributed by atoms with Crippen LogP contribution in [-0.4, -0.2) is 0 Å². The molecule has 0 heteroatoms. The summed E-state index contributed by atoms with van der Waals surface area (Å²) in [5.41, 5.74) is 4.72. The average molecular weight is 619 g/mol. The van der Waals surface area contributed by atoms with Crippen LogP contribution in [0.2, 0.25) is 0 Å². The minimum atomic E-state index is 0.215. The van der Waals surface area contributed by atoms with Gasteiger partial charge in [-0.15, -0.1) is 0 Å². The summed E-state index contributed by atoms with van der Waals surface area (Å²) in [4.78, 5) is 0. The summed E-state index contributed by atoms with van der Waals surface area (Å²) in [5.74, 6) is 9.71. The van der Waals surface area contributed by atoms with Crippen LogP contribution in [0.5, 0.6) is 0 Å². The van der Waals surface area contributed by atoms with E-state index in [0.29, 0.717) is 16.2 Å². The standard InChI is InChI=1S/C42H70.C3H8/c1-26-22-31(42(11,12)13)25-34(26)37(27-14-16-28(17-15-27)39(2,3)4)38-32-20-18-29(40(5,6)7)23-35(32)36-24-30(41(8,9)10)19-21-33(36)38;1-3-2/h14-17,26,29-38H,18-25H2,1-13H3;3H2,1-2H3/t26?,29?,30?,31?,32?,33?,34?,35?,36?,37-,38?;/m1./s1. The van der Waals surface area contributed by atoms with Gasteiger partial charge in [0.05, 0.1) is 0 Å². The van der Waals surface area contributed by atoms with Gasteiger partial charge in [0.2, 0.25) is 0 Å². The van der Waals surface area contributed by atoms with E-state index in [-0.39, 0.29) is 5.41 Å². The van der Waals surface area contributed by atoms with Gasteiger partial charge in [-0.05, 0) is 149 Å². The normalized spacial score (nSPS) is 36.5. The maximum Gasteiger partial charge on any atom is -0.00971 e. The molecule has 0 heterocycles. The van der Waals surface area contributed by atoms with Crippen molar-refractivity contribution in [3.63, 3.8) is 0 Å². The number of fused-ring (bicyclic) bond motifs is 3. The van der Waals surface area contributed by atoms with Crippen molar-refractivity contribution in [3.05, 3.63) is 35.4 Å². The zero-order valence-corrected chi connectivity index (χ0v) is 33.0. The molecule has 0 nitrogen and oxygen atoms in total. The van der Waals surface area contributed by atoms with Crippen LogP contribution in [0, 0.1) is 75.4 Å². The van der Waals surface area contributed by atoms with E-state index < -0.39 is 0 Å². The average Bonchev–Trinajstić information content (AvgIpc) is 3.46. The molecular weight excluding hydrogens is 540 g/mol. The van der Waals surface area contributed by atoms with Gasteiger partial charge in [0.15, 0.2) is 0 Å². The molecule has 10 atom stereocenters. The highest BCUT2D eigenvalue weighted by atomic mass is 14.6. The number of benzene rings is 1. The topological polar surface area (TPSA) is 0 Å². The molecule has 0 spiro atoms. The molecule has 0 radical (unpaired) electrons. The Kier molecular flexibility index (Phi) is 11.2. The molecule has 9 unspecified atom stereocenters. The Hall–Kier alpha value is -0.780. The van der Waals surface area contributed by atoms with Crippen LogP contribution in [0.4, 0.5) is 0 Å². The third-order valence-corrected chi connectivity index (χ3v) is 14.1. The van der Waals surface area contributed by atoms with Gasteiger partial charge in [0, 0.05) is 0 Å². The van der Waals surface area contributed by atoms with Crippen LogP contribution >= 0.6 is 0 Å². The minimum Gasteiger partial charge on any atom is -0.0656 e. The van der Waals surface area contributed by atoms with Crippen LogP contribution in [-0.2, 0) is 5.41 Å². The molecule has 4 saturated carbocycles. The monoisotopic (exact) mass is 619 g/mol. The van der Waals surface area contributed by atoms with E-state index in [1.165, 1.54) is 63.4 Å². The van der Waals surface area contributed by atoms with Crippen LogP contribution < -0.4 is 0 Å². The molecule has 4 fully saturated rings. The predicted molar refractivity (Wildman–Crippen MR) is 200 cm³/mol. The Morgan fingerprint density at radius 3 is 1.33 bits per heavy atom. The van der Waals surface area contributed by atoms with Gasteiger partial charge >= 0.3 is 0 Å². The van der Waals surface area contributed by atoms with E-state index in [0.717, 1.165) is 65.1 Å². The molecule has 0 bridgehead atoms. The Morgan fingerprint density at radius 1 is 0.556 bits per heavy atom. The first-order valence-electron chi connectivity index (χ1n) is 19.8. The molecule has 0 N–H and O–H groups in total. The molecule has 0 saturated heterocycles. The van der Waals surface area contributed by atoms with E-state index in [4.69, 9.17) is 0 Å². The van der Waals surface area contributed by atoms with E-state index in [9.17, 15) is 0 Å². The second kappa shape index (κ2) is 13.6. The number of hydrogen-bond acceptors (Lipinski definition) is 0. The van der Waals surface area contributed by atoms with Gasteiger partial charge in [-0.2, -0.15) is 0 Å². The highest BCUT2D eigenvalue weighted by Gasteiger charge is 2.59. The molecular formula is C45H78. The van der Waals surface area contributed by atoms with E-state index in [1.54, 1.807) is 5.56 Å². The SMILES string of the molecule is CC1CC(C(C)(C)C)CC1[C@@H](c1ccc(C(C)(C)C)cc1)C1C2CCC(C(C)(C)C)CC2C2CC(C(C)(C)C)CCC21.CCC. The van der Waals surface area contributed by atoms with Gasteiger partial charge < -0.3 is 0 Å². The van der Waals surface area contributed by atoms with Crippen molar-refractivity contribution in [1.29, 1.82) is 0 Å². The lowest BCUT2D eigenvalue weighted by Crippen LogP contribution is -2.35. The Bertz CT molecular complexity index is 1020. The first kappa shape index (κ1) is 37.0. The van der Waals surface area contributed by atoms with Crippen molar-refractivity contribution in [2.75, 3.05) is 0 Å². The van der Waals surface area contributed by atoms with Crippen LogP contribution in [0.25, 0.3) is 0 Å². The first-order chi connectivity index (χ1) is 20.7. The Balaban J connectivity index is 0.00000148. The highest BCUT2D eigenvalue weighted by Crippen LogP contribution is 2.67. The third-order valence-electron chi connectivity index (χ3n) is 14.1. The van der Waals surface area contributed by atoms with Crippen molar-refractivity contribution in [1.82, 2.24) is 0 Å². The van der Waals surface area contributed by atoms with Gasteiger partial charge in [0.25, 0.3) is 0 Å². The smallest absolute Gasteiger partial charge is 0.00971 e. The quantitative estimate of drug-likeness (QED) is 0.316. The molecule has 258 valence electrons. The summed E-state index contributed by atoms with van der Waals surface area (Å²) in [6.07, 6.45) is 13.0. The van der Waals surface area contributed by atoms with Gasteiger partial charge in [-0.25, -0.2) is 0 Å². The van der Waals surface area contributed by atoms with Crippen molar-refractivity contribution < 1.29 is 0 Å². The first-order valence-corrected chi connectivity index (χ1v) is 19.8. The van der Waals surface area contributed by atoms with Crippen molar-refractivity contribution in [2.45, 2.75) is 173 Å². The fourth-order valence-electron chi connectivity index (χ4n) is 11.3. The fourth-order valence-corrected chi connectivity index (χ4v) is 11.3. The zero-order valence-electron chi connectivity index (χ0n) is 33.0. The van der Waals surface area contributed by atoms with E-state index >= 15 is 0 Å². The summed E-state index contributed by atoms with van der Waals surface area (Å²) in [6, 6.07) is 10.3. The summed E-state index contributed by atoms with van der Waals surface area (Å²) in [7, 11) is 0. The van der Waals surface area contributed by atoms with E-state index in [1.807, 2.05) is 0 Å². The molecule has 1 aromatic rings. The van der Waals surface area contributed by atoms with Crippen LogP contribution in [0.1, 0.15) is 179 Å². The molecule has 4 aliphatic carbocycles. The fraction of sp³-hybridized carbons (Fsp3) is 0.867. The molecule has 0 amide bonds. The zero-order chi connectivity index (χ0) is 33.7. The van der Waals surface area contributed by atoms with Crippen LogP contribution in [0.3, 0.4) is 0 Å². The Morgan fingerprint density at radius 2 is 0.978 bits per heavy atom. The van der Waals surface area contributed by atoms with E-state index in [2.05, 4.69) is 128 Å². The molecule has 45 heavy (non-hydrogen) atoms. The molecule has 0 aromatic heterocycles. The van der Waals surface area contributed by atoms with Crippen molar-refractivity contribution >= 4 is 0 Å². The molecule has 4 aliphatic rings. The second-order valence-electron chi connectivity index (χ2n) is 21.3. The predicted octanol–water partition coefficient (Wildman–Crippen LogP) is 14.0. The summed E-state index contributed by atoms with van der Waals surface area (Å²) in [6.45, 7) is 36.8. The lowest BCUT2D eigenvalue weighted by molar-refractivity contribution is 0.0542.